The van der Waals surface area contributed by atoms with Gasteiger partial charge in [-0.25, -0.2) is 0 Å². The van der Waals surface area contributed by atoms with Crippen LogP contribution in [-0.2, 0) is 6.61 Å². The van der Waals surface area contributed by atoms with E-state index in [1.54, 1.807) is 18.3 Å². The maximum absolute atomic E-state index is 13.2. The fraction of sp³-hybridized carbons (Fsp3) is 0.448. The standard InChI is InChI=1S/C29H34ClN3O3/c1-33(2)15-17-3-8-22(9-4-17)32-27-23-12-19(20-11-21(16-34)29(36)25(30)13-20)7-10-26(23)31-14-24(27)28(35)18-5-6-18/h7,10-14,17-18,22,34,36H,3-6,8-9,15-16H2,1-2H3,(H,31,32). The van der Waals surface area contributed by atoms with Gasteiger partial charge in [-0.15, -0.1) is 0 Å². The van der Waals surface area contributed by atoms with Crippen molar-refractivity contribution in [3.8, 4) is 16.9 Å². The van der Waals surface area contributed by atoms with Crippen LogP contribution in [0.15, 0.2) is 36.5 Å². The Hall–Kier alpha value is -2.67. The number of carbonyl (C=O) groups is 1. The number of hydrogen-bond donors (Lipinski definition) is 3. The van der Waals surface area contributed by atoms with Gasteiger partial charge in [-0.1, -0.05) is 17.7 Å². The first kappa shape index (κ1) is 25.0. The van der Waals surface area contributed by atoms with Crippen LogP contribution < -0.4 is 5.32 Å². The second kappa shape index (κ2) is 10.4. The Bertz CT molecular complexity index is 1280. The minimum absolute atomic E-state index is 0.102. The monoisotopic (exact) mass is 507 g/mol. The molecular weight excluding hydrogens is 474 g/mol. The molecule has 0 aliphatic heterocycles. The first-order valence-electron chi connectivity index (χ1n) is 12.8. The Labute approximate surface area is 217 Å². The summed E-state index contributed by atoms with van der Waals surface area (Å²) >= 11 is 6.24. The molecule has 0 atom stereocenters. The Morgan fingerprint density at radius 3 is 2.50 bits per heavy atom. The Balaban J connectivity index is 1.53. The third-order valence-electron chi connectivity index (χ3n) is 7.55. The molecule has 190 valence electrons. The highest BCUT2D eigenvalue weighted by atomic mass is 35.5. The number of ketones is 1. The van der Waals surface area contributed by atoms with Gasteiger partial charge in [0.25, 0.3) is 0 Å². The number of halogens is 1. The number of pyridine rings is 1. The van der Waals surface area contributed by atoms with Gasteiger partial charge in [-0.05, 0) is 93.9 Å². The van der Waals surface area contributed by atoms with E-state index in [2.05, 4.69) is 29.3 Å². The van der Waals surface area contributed by atoms with Gasteiger partial charge in [-0.2, -0.15) is 0 Å². The summed E-state index contributed by atoms with van der Waals surface area (Å²) in [6, 6.07) is 9.70. The van der Waals surface area contributed by atoms with E-state index in [-0.39, 0.29) is 29.1 Å². The second-order valence-electron chi connectivity index (χ2n) is 10.7. The number of Topliss-reactive ketones (excluding diaryl/α,β-unsaturated/α-hetero) is 1. The van der Waals surface area contributed by atoms with Crippen LogP contribution in [0.3, 0.4) is 0 Å². The molecule has 0 unspecified atom stereocenters. The van der Waals surface area contributed by atoms with Crippen LogP contribution >= 0.6 is 11.6 Å². The first-order valence-corrected chi connectivity index (χ1v) is 13.2. The maximum Gasteiger partial charge on any atom is 0.169 e. The topological polar surface area (TPSA) is 85.7 Å². The summed E-state index contributed by atoms with van der Waals surface area (Å²) in [6.45, 7) is 0.808. The lowest BCUT2D eigenvalue weighted by Crippen LogP contribution is -2.31. The summed E-state index contributed by atoms with van der Waals surface area (Å²) in [5.74, 6) is 0.891. The Kier molecular flexibility index (Phi) is 7.20. The molecule has 7 heteroatoms. The first-order chi connectivity index (χ1) is 17.3. The molecule has 3 aromatic rings. The van der Waals surface area contributed by atoms with E-state index < -0.39 is 0 Å². The van der Waals surface area contributed by atoms with E-state index in [0.717, 1.165) is 59.9 Å². The molecule has 0 radical (unpaired) electrons. The van der Waals surface area contributed by atoms with Crippen molar-refractivity contribution in [3.05, 3.63) is 52.7 Å². The molecule has 2 saturated carbocycles. The van der Waals surface area contributed by atoms with Crippen molar-refractivity contribution in [1.29, 1.82) is 0 Å². The third-order valence-corrected chi connectivity index (χ3v) is 7.83. The zero-order valence-corrected chi connectivity index (χ0v) is 21.7. The molecule has 0 spiro atoms. The lowest BCUT2D eigenvalue weighted by Gasteiger charge is -2.32. The molecule has 36 heavy (non-hydrogen) atoms. The number of anilines is 1. The zero-order chi connectivity index (χ0) is 25.4. The van der Waals surface area contributed by atoms with E-state index in [1.165, 1.54) is 12.8 Å². The van der Waals surface area contributed by atoms with Crippen molar-refractivity contribution in [3.63, 3.8) is 0 Å². The molecule has 2 aliphatic carbocycles. The molecule has 0 bridgehead atoms. The van der Waals surface area contributed by atoms with Gasteiger partial charge in [0.2, 0.25) is 0 Å². The smallest absolute Gasteiger partial charge is 0.169 e. The molecule has 1 aromatic heterocycles. The summed E-state index contributed by atoms with van der Waals surface area (Å²) < 4.78 is 0. The summed E-state index contributed by atoms with van der Waals surface area (Å²) in [5, 5.41) is 24.7. The fourth-order valence-electron chi connectivity index (χ4n) is 5.43. The van der Waals surface area contributed by atoms with Gasteiger partial charge in [0, 0.05) is 35.7 Å². The number of aromatic nitrogens is 1. The van der Waals surface area contributed by atoms with E-state index in [1.807, 2.05) is 18.2 Å². The van der Waals surface area contributed by atoms with Crippen molar-refractivity contribution < 1.29 is 15.0 Å². The SMILES string of the molecule is CN(C)CC1CCC(Nc2c(C(=O)C3CC3)cnc3ccc(-c4cc(Cl)c(O)c(CO)c4)cc23)CC1. The van der Waals surface area contributed by atoms with Crippen LogP contribution in [-0.4, -0.2) is 52.6 Å². The van der Waals surface area contributed by atoms with Gasteiger partial charge in [0.1, 0.15) is 5.75 Å². The second-order valence-corrected chi connectivity index (χ2v) is 11.1. The number of benzene rings is 2. The molecule has 2 aliphatic rings. The number of hydrogen-bond acceptors (Lipinski definition) is 6. The van der Waals surface area contributed by atoms with Gasteiger partial charge in [-0.3, -0.25) is 9.78 Å². The number of fused-ring (bicyclic) bond motifs is 1. The van der Waals surface area contributed by atoms with E-state index in [0.29, 0.717) is 23.1 Å². The summed E-state index contributed by atoms with van der Waals surface area (Å²) in [5.41, 5.74) is 4.43. The molecule has 5 rings (SSSR count). The van der Waals surface area contributed by atoms with E-state index in [4.69, 9.17) is 11.6 Å². The number of aliphatic hydroxyl groups is 1. The number of nitrogens with one attached hydrogen (secondary N) is 1. The lowest BCUT2D eigenvalue weighted by molar-refractivity contribution is 0.0968. The molecule has 0 saturated heterocycles. The molecule has 2 fully saturated rings. The summed E-state index contributed by atoms with van der Waals surface area (Å²) in [7, 11) is 4.26. The largest absolute Gasteiger partial charge is 0.506 e. The van der Waals surface area contributed by atoms with Gasteiger partial charge in [0.15, 0.2) is 5.78 Å². The molecule has 3 N–H and O–H groups in total. The number of rotatable bonds is 8. The highest BCUT2D eigenvalue weighted by molar-refractivity contribution is 6.32. The minimum atomic E-state index is -0.308. The molecule has 1 heterocycles. The summed E-state index contributed by atoms with van der Waals surface area (Å²) in [4.78, 5) is 20.2. The van der Waals surface area contributed by atoms with Crippen molar-refractivity contribution >= 4 is 34.0 Å². The zero-order valence-electron chi connectivity index (χ0n) is 20.9. The molecular formula is C29H34ClN3O3. The average Bonchev–Trinajstić information content (AvgIpc) is 3.71. The average molecular weight is 508 g/mol. The Morgan fingerprint density at radius 2 is 1.83 bits per heavy atom. The van der Waals surface area contributed by atoms with E-state index >= 15 is 0 Å². The highest BCUT2D eigenvalue weighted by Crippen LogP contribution is 2.40. The third kappa shape index (κ3) is 5.22. The van der Waals surface area contributed by atoms with Crippen molar-refractivity contribution in [1.82, 2.24) is 9.88 Å². The Morgan fingerprint density at radius 1 is 1.08 bits per heavy atom. The number of nitrogens with zero attached hydrogens (tertiary/aromatic N) is 2. The van der Waals surface area contributed by atoms with Gasteiger partial charge in [0.05, 0.1) is 28.4 Å². The number of aliphatic hydroxyl groups excluding tert-OH is 1. The van der Waals surface area contributed by atoms with Crippen LogP contribution in [0.2, 0.25) is 5.02 Å². The molecule has 0 amide bonds. The van der Waals surface area contributed by atoms with Crippen LogP contribution in [0.25, 0.3) is 22.0 Å². The summed E-state index contributed by atoms with van der Waals surface area (Å²) in [6.07, 6.45) is 8.13. The minimum Gasteiger partial charge on any atom is -0.506 e. The van der Waals surface area contributed by atoms with Crippen LogP contribution in [0, 0.1) is 11.8 Å². The quantitative estimate of drug-likeness (QED) is 0.330. The van der Waals surface area contributed by atoms with Crippen LogP contribution in [0.1, 0.15) is 54.4 Å². The number of aromatic hydroxyl groups is 1. The molecule has 2 aromatic carbocycles. The van der Waals surface area contributed by atoms with Crippen molar-refractivity contribution in [2.75, 3.05) is 26.0 Å². The van der Waals surface area contributed by atoms with Gasteiger partial charge < -0.3 is 20.4 Å². The fourth-order valence-corrected chi connectivity index (χ4v) is 5.67. The predicted molar refractivity (Wildman–Crippen MR) is 145 cm³/mol. The molecule has 6 nitrogen and oxygen atoms in total. The van der Waals surface area contributed by atoms with Crippen molar-refractivity contribution in [2.45, 2.75) is 51.2 Å². The van der Waals surface area contributed by atoms with Crippen LogP contribution in [0.4, 0.5) is 5.69 Å². The van der Waals surface area contributed by atoms with Crippen LogP contribution in [0.5, 0.6) is 5.75 Å². The van der Waals surface area contributed by atoms with E-state index in [9.17, 15) is 15.0 Å². The number of carbonyl (C=O) groups excluding carboxylic acids is 1. The predicted octanol–water partition coefficient (Wildman–Crippen LogP) is 5.88. The lowest BCUT2D eigenvalue weighted by atomic mass is 9.85. The number of phenols is 1. The maximum atomic E-state index is 13.2. The highest BCUT2D eigenvalue weighted by Gasteiger charge is 2.33. The van der Waals surface area contributed by atoms with Crippen molar-refractivity contribution in [2.24, 2.45) is 11.8 Å². The van der Waals surface area contributed by atoms with Gasteiger partial charge >= 0.3 is 0 Å². The normalized spacial score (nSPS) is 20.1.